The summed E-state index contributed by atoms with van der Waals surface area (Å²) in [5.74, 6) is -0.271. The minimum Gasteiger partial charge on any atom is -0.351 e. The van der Waals surface area contributed by atoms with E-state index in [1.807, 2.05) is 0 Å². The monoisotopic (exact) mass is 265 g/mol. The van der Waals surface area contributed by atoms with E-state index in [0.29, 0.717) is 13.1 Å². The summed E-state index contributed by atoms with van der Waals surface area (Å²) in [6.45, 7) is 4.41. The fraction of sp³-hybridized carbons (Fsp3) is 0.500. The van der Waals surface area contributed by atoms with Gasteiger partial charge in [0.25, 0.3) is 0 Å². The number of carbonyl (C=O) groups is 1. The summed E-state index contributed by atoms with van der Waals surface area (Å²) in [6, 6.07) is 5.73. The van der Waals surface area contributed by atoms with Crippen molar-refractivity contribution in [3.05, 3.63) is 35.6 Å². The summed E-state index contributed by atoms with van der Waals surface area (Å²) < 4.78 is 12.8. The molecule has 1 aliphatic rings. The average Bonchev–Trinajstić information content (AvgIpc) is 2.33. The van der Waals surface area contributed by atoms with Crippen molar-refractivity contribution >= 4 is 6.03 Å². The number of hydrogen-bond donors (Lipinski definition) is 1. The molecule has 0 aliphatic carbocycles. The number of nitrogens with zero attached hydrogens (tertiary/aromatic N) is 2. The molecule has 0 spiro atoms. The van der Waals surface area contributed by atoms with Gasteiger partial charge in [0.05, 0.1) is 0 Å². The molecule has 4 nitrogen and oxygen atoms in total. The molecule has 0 radical (unpaired) electrons. The molecule has 5 heteroatoms. The number of halogens is 1. The Morgan fingerprint density at radius 3 is 2.53 bits per heavy atom. The molecule has 1 fully saturated rings. The molecule has 1 saturated heterocycles. The van der Waals surface area contributed by atoms with Gasteiger partial charge in [-0.05, 0) is 50.2 Å². The molecule has 1 aromatic carbocycles. The first-order chi connectivity index (χ1) is 9.15. The fourth-order valence-corrected chi connectivity index (χ4v) is 2.17. The highest BCUT2D eigenvalue weighted by Gasteiger charge is 2.15. The second-order valence-electron chi connectivity index (χ2n) is 4.94. The molecule has 19 heavy (non-hydrogen) atoms. The second kappa shape index (κ2) is 6.52. The summed E-state index contributed by atoms with van der Waals surface area (Å²) >= 11 is 0. The van der Waals surface area contributed by atoms with Crippen LogP contribution in [0.25, 0.3) is 0 Å². The normalized spacial score (nSPS) is 15.0. The quantitative estimate of drug-likeness (QED) is 0.852. The SMILES string of the molecule is NC(=O)N(CCCN1CCC1)Cc1ccc(F)cc1. The number of primary amides is 1. The number of carbonyl (C=O) groups excluding carboxylic acids is 1. The zero-order chi connectivity index (χ0) is 13.7. The van der Waals surface area contributed by atoms with Gasteiger partial charge >= 0.3 is 6.03 Å². The van der Waals surface area contributed by atoms with Gasteiger partial charge in [0.1, 0.15) is 5.82 Å². The third kappa shape index (κ3) is 4.21. The van der Waals surface area contributed by atoms with E-state index in [1.165, 1.54) is 18.6 Å². The lowest BCUT2D eigenvalue weighted by molar-refractivity contribution is 0.165. The molecular formula is C14H20FN3O. The maximum atomic E-state index is 12.8. The first-order valence-electron chi connectivity index (χ1n) is 6.66. The summed E-state index contributed by atoms with van der Waals surface area (Å²) in [5, 5.41) is 0. The van der Waals surface area contributed by atoms with Crippen LogP contribution < -0.4 is 5.73 Å². The van der Waals surface area contributed by atoms with E-state index < -0.39 is 6.03 Å². The van der Waals surface area contributed by atoms with Crippen LogP contribution in [0.5, 0.6) is 0 Å². The Balaban J connectivity index is 1.81. The van der Waals surface area contributed by atoms with E-state index in [9.17, 15) is 9.18 Å². The minimum absolute atomic E-state index is 0.271. The average molecular weight is 265 g/mol. The Kier molecular flexibility index (Phi) is 4.74. The van der Waals surface area contributed by atoms with Gasteiger partial charge in [-0.25, -0.2) is 9.18 Å². The van der Waals surface area contributed by atoms with Crippen molar-refractivity contribution in [2.75, 3.05) is 26.2 Å². The van der Waals surface area contributed by atoms with Crippen molar-refractivity contribution in [3.63, 3.8) is 0 Å². The largest absolute Gasteiger partial charge is 0.351 e. The van der Waals surface area contributed by atoms with Crippen LogP contribution in [0.3, 0.4) is 0 Å². The van der Waals surface area contributed by atoms with Crippen molar-refractivity contribution in [1.29, 1.82) is 0 Å². The summed E-state index contributed by atoms with van der Waals surface area (Å²) in [5.41, 5.74) is 6.27. The van der Waals surface area contributed by atoms with Crippen LogP contribution in [0.4, 0.5) is 9.18 Å². The van der Waals surface area contributed by atoms with Gasteiger partial charge < -0.3 is 15.5 Å². The predicted molar refractivity (Wildman–Crippen MR) is 72.1 cm³/mol. The first kappa shape index (κ1) is 13.8. The van der Waals surface area contributed by atoms with Crippen LogP contribution in [-0.4, -0.2) is 42.0 Å². The second-order valence-corrected chi connectivity index (χ2v) is 4.94. The number of likely N-dealkylation sites (tertiary alicyclic amines) is 1. The molecule has 0 unspecified atom stereocenters. The lowest BCUT2D eigenvalue weighted by atomic mass is 10.2. The summed E-state index contributed by atoms with van der Waals surface area (Å²) in [6.07, 6.45) is 2.19. The summed E-state index contributed by atoms with van der Waals surface area (Å²) in [7, 11) is 0. The van der Waals surface area contributed by atoms with Crippen molar-refractivity contribution in [2.45, 2.75) is 19.4 Å². The molecule has 1 aromatic rings. The van der Waals surface area contributed by atoms with Gasteiger partial charge in [0, 0.05) is 13.1 Å². The van der Waals surface area contributed by atoms with Gasteiger partial charge in [0.2, 0.25) is 0 Å². The molecule has 2 rings (SSSR count). The van der Waals surface area contributed by atoms with Crippen LogP contribution in [-0.2, 0) is 6.54 Å². The highest BCUT2D eigenvalue weighted by molar-refractivity contribution is 5.71. The topological polar surface area (TPSA) is 49.6 Å². The first-order valence-corrected chi connectivity index (χ1v) is 6.66. The van der Waals surface area contributed by atoms with Crippen LogP contribution in [0.1, 0.15) is 18.4 Å². The van der Waals surface area contributed by atoms with E-state index in [4.69, 9.17) is 5.73 Å². The summed E-state index contributed by atoms with van der Waals surface area (Å²) in [4.78, 5) is 15.4. The number of amides is 2. The van der Waals surface area contributed by atoms with Gasteiger partial charge in [-0.2, -0.15) is 0 Å². The number of urea groups is 1. The third-order valence-corrected chi connectivity index (χ3v) is 3.45. The van der Waals surface area contributed by atoms with E-state index in [0.717, 1.165) is 31.6 Å². The molecule has 1 aliphatic heterocycles. The number of hydrogen-bond acceptors (Lipinski definition) is 2. The zero-order valence-corrected chi connectivity index (χ0v) is 11.0. The molecule has 104 valence electrons. The Hall–Kier alpha value is -1.62. The van der Waals surface area contributed by atoms with E-state index in [2.05, 4.69) is 4.90 Å². The zero-order valence-electron chi connectivity index (χ0n) is 11.0. The lowest BCUT2D eigenvalue weighted by Gasteiger charge is -2.31. The van der Waals surface area contributed by atoms with Gasteiger partial charge in [0.15, 0.2) is 0 Å². The maximum Gasteiger partial charge on any atom is 0.315 e. The van der Waals surface area contributed by atoms with Crippen molar-refractivity contribution in [3.8, 4) is 0 Å². The number of benzene rings is 1. The Bertz CT molecular complexity index is 417. The van der Waals surface area contributed by atoms with E-state index >= 15 is 0 Å². The lowest BCUT2D eigenvalue weighted by Crippen LogP contribution is -2.41. The Morgan fingerprint density at radius 1 is 1.32 bits per heavy atom. The van der Waals surface area contributed by atoms with E-state index in [-0.39, 0.29) is 5.82 Å². The molecule has 0 atom stereocenters. The predicted octanol–water partition coefficient (Wildman–Crippen LogP) is 1.80. The Labute approximate surface area is 113 Å². The van der Waals surface area contributed by atoms with Crippen LogP contribution in [0, 0.1) is 5.82 Å². The van der Waals surface area contributed by atoms with Gasteiger partial charge in [-0.1, -0.05) is 12.1 Å². The molecular weight excluding hydrogens is 245 g/mol. The van der Waals surface area contributed by atoms with Gasteiger partial charge in [-0.15, -0.1) is 0 Å². The minimum atomic E-state index is -0.423. The molecule has 0 aromatic heterocycles. The third-order valence-electron chi connectivity index (χ3n) is 3.45. The highest BCUT2D eigenvalue weighted by Crippen LogP contribution is 2.09. The van der Waals surface area contributed by atoms with E-state index in [1.54, 1.807) is 17.0 Å². The molecule has 0 saturated carbocycles. The number of rotatable bonds is 6. The molecule has 0 bridgehead atoms. The van der Waals surface area contributed by atoms with Crippen molar-refractivity contribution in [1.82, 2.24) is 9.80 Å². The fourth-order valence-electron chi connectivity index (χ4n) is 2.17. The van der Waals surface area contributed by atoms with Crippen LogP contribution in [0.15, 0.2) is 24.3 Å². The Morgan fingerprint density at radius 2 is 2.00 bits per heavy atom. The standard InChI is InChI=1S/C14H20FN3O/c15-13-5-3-12(4-6-13)11-18(14(16)19)10-2-9-17-7-1-8-17/h3-6H,1-2,7-11H2,(H2,16,19). The molecule has 2 amide bonds. The highest BCUT2D eigenvalue weighted by atomic mass is 19.1. The van der Waals surface area contributed by atoms with Crippen molar-refractivity contribution in [2.24, 2.45) is 5.73 Å². The number of nitrogens with two attached hydrogens (primary N) is 1. The molecule has 2 N–H and O–H groups in total. The smallest absolute Gasteiger partial charge is 0.315 e. The van der Waals surface area contributed by atoms with Gasteiger partial charge in [-0.3, -0.25) is 0 Å². The van der Waals surface area contributed by atoms with Crippen LogP contribution in [0.2, 0.25) is 0 Å². The maximum absolute atomic E-state index is 12.8. The molecule has 1 heterocycles. The van der Waals surface area contributed by atoms with Crippen LogP contribution >= 0.6 is 0 Å². The van der Waals surface area contributed by atoms with Crippen molar-refractivity contribution < 1.29 is 9.18 Å².